The van der Waals surface area contributed by atoms with Gasteiger partial charge in [-0.05, 0) is 51.4 Å². The lowest BCUT2D eigenvalue weighted by atomic mass is 9.85. The number of ether oxygens (including phenoxy) is 2. The fourth-order valence-electron chi connectivity index (χ4n) is 7.56. The average molecular weight is 1010 g/mol. The van der Waals surface area contributed by atoms with E-state index in [-0.39, 0.29) is 18.9 Å². The highest BCUT2D eigenvalue weighted by molar-refractivity contribution is 7.47. The van der Waals surface area contributed by atoms with Crippen LogP contribution in [-0.4, -0.2) is 114 Å². The van der Waals surface area contributed by atoms with Crippen LogP contribution in [-0.2, 0) is 41.8 Å². The van der Waals surface area contributed by atoms with E-state index in [9.17, 15) is 58.9 Å². The maximum absolute atomic E-state index is 13.0. The molecular weight excluding hydrogens is 922 g/mol. The Kier molecular flexibility index (Phi) is 37.2. The Hall–Kier alpha value is -2.08. The Morgan fingerprint density at radius 1 is 0.529 bits per heavy atom. The molecule has 0 heterocycles. The van der Waals surface area contributed by atoms with Gasteiger partial charge in [0.25, 0.3) is 0 Å². The number of allylic oxidation sites excluding steroid dienone is 7. The number of carbonyl (C=O) groups excluding carboxylic acids is 2. The summed E-state index contributed by atoms with van der Waals surface area (Å²) >= 11 is 0. The topological polar surface area (TPSA) is 276 Å². The van der Waals surface area contributed by atoms with Crippen molar-refractivity contribution in [1.29, 1.82) is 0 Å². The normalized spacial score (nSPS) is 22.1. The first-order chi connectivity index (χ1) is 32.5. The van der Waals surface area contributed by atoms with E-state index >= 15 is 0 Å². The number of unbranched alkanes of at least 4 members (excludes halogenated alkanes) is 17. The second-order valence-corrected chi connectivity index (χ2v) is 20.3. The van der Waals surface area contributed by atoms with E-state index in [1.165, 1.54) is 77.0 Å². The smallest absolute Gasteiger partial charge is 0.462 e. The largest absolute Gasteiger partial charge is 0.472 e. The molecule has 19 heteroatoms. The van der Waals surface area contributed by atoms with E-state index in [1.807, 2.05) is 43.4 Å². The Morgan fingerprint density at radius 2 is 0.985 bits per heavy atom. The van der Waals surface area contributed by atoms with Crippen LogP contribution in [0.3, 0.4) is 0 Å². The zero-order valence-corrected chi connectivity index (χ0v) is 42.7. The number of carbonyl (C=O) groups is 2. The van der Waals surface area contributed by atoms with Crippen LogP contribution in [0.2, 0.25) is 0 Å². The van der Waals surface area contributed by atoms with E-state index in [2.05, 4.69) is 23.6 Å². The van der Waals surface area contributed by atoms with E-state index in [4.69, 9.17) is 18.5 Å². The van der Waals surface area contributed by atoms with Crippen LogP contribution in [0, 0.1) is 0 Å². The molecular formula is C49H88O17P2. The Labute approximate surface area is 406 Å². The van der Waals surface area contributed by atoms with Gasteiger partial charge in [0, 0.05) is 12.8 Å². The summed E-state index contributed by atoms with van der Waals surface area (Å²) in [5.74, 6) is -1.29. The van der Waals surface area contributed by atoms with Crippen LogP contribution >= 0.6 is 15.6 Å². The molecule has 1 saturated carbocycles. The third kappa shape index (κ3) is 33.5. The predicted octanol–water partition coefficient (Wildman–Crippen LogP) is 9.04. The molecule has 68 heavy (non-hydrogen) atoms. The fraction of sp³-hybridized carbons (Fsp3) is 0.796. The summed E-state index contributed by atoms with van der Waals surface area (Å²) in [7, 11) is -10.7. The Bertz CT molecular complexity index is 1520. The second kappa shape index (κ2) is 39.5. The van der Waals surface area contributed by atoms with Crippen molar-refractivity contribution in [3.8, 4) is 0 Å². The van der Waals surface area contributed by atoms with Crippen molar-refractivity contribution in [3.05, 3.63) is 48.6 Å². The minimum Gasteiger partial charge on any atom is -0.462 e. The Morgan fingerprint density at radius 3 is 1.49 bits per heavy atom. The molecule has 1 aliphatic carbocycles. The highest BCUT2D eigenvalue weighted by atomic mass is 31.2. The van der Waals surface area contributed by atoms with Gasteiger partial charge >= 0.3 is 27.6 Å². The third-order valence-corrected chi connectivity index (χ3v) is 13.0. The number of hydrogen-bond acceptors (Lipinski definition) is 14. The molecule has 0 aromatic rings. The summed E-state index contributed by atoms with van der Waals surface area (Å²) in [5.41, 5.74) is 0. The number of aliphatic hydroxyl groups excluding tert-OH is 5. The number of hydrogen-bond donors (Lipinski definition) is 8. The summed E-state index contributed by atoms with van der Waals surface area (Å²) in [6.45, 7) is 2.89. The first-order valence-electron chi connectivity index (χ1n) is 25.3. The van der Waals surface area contributed by atoms with Crippen molar-refractivity contribution in [2.24, 2.45) is 0 Å². The van der Waals surface area contributed by atoms with Crippen molar-refractivity contribution < 1.29 is 82.0 Å². The molecule has 0 aromatic carbocycles. The molecule has 1 aliphatic rings. The quantitative estimate of drug-likeness (QED) is 0.0123. The van der Waals surface area contributed by atoms with Gasteiger partial charge in [-0.2, -0.15) is 0 Å². The van der Waals surface area contributed by atoms with Gasteiger partial charge in [0.15, 0.2) is 6.10 Å². The highest BCUT2D eigenvalue weighted by Gasteiger charge is 2.54. The zero-order valence-electron chi connectivity index (χ0n) is 40.9. The molecule has 396 valence electrons. The van der Waals surface area contributed by atoms with Crippen LogP contribution in [0.5, 0.6) is 0 Å². The SMILES string of the molecule is CCCCCCCCCCCCCCCCCCCC(=O)OC[C@H](COP(=O)(O)O[C@H]1C(O)C(O)C(O)[C@@H](OP(=O)(O)O)C1O)OC(=O)CCC/C=C\C/C=C\C/C=C\C/C=C\CC(O)CCC. The van der Waals surface area contributed by atoms with E-state index in [0.29, 0.717) is 32.1 Å². The molecule has 0 aliphatic heterocycles. The first kappa shape index (κ1) is 63.9. The maximum Gasteiger partial charge on any atom is 0.472 e. The lowest BCUT2D eigenvalue weighted by Crippen LogP contribution is -2.64. The van der Waals surface area contributed by atoms with E-state index < -0.39 is 83.5 Å². The summed E-state index contributed by atoms with van der Waals surface area (Å²) in [4.78, 5) is 54.3. The predicted molar refractivity (Wildman–Crippen MR) is 261 cm³/mol. The lowest BCUT2D eigenvalue weighted by molar-refractivity contribution is -0.216. The molecule has 1 fully saturated rings. The number of rotatable bonds is 42. The zero-order chi connectivity index (χ0) is 50.5. The summed E-state index contributed by atoms with van der Waals surface area (Å²) in [5, 5.41) is 51.0. The fourth-order valence-corrected chi connectivity index (χ4v) is 9.10. The molecule has 17 nitrogen and oxygen atoms in total. The average Bonchev–Trinajstić information content (AvgIpc) is 3.29. The number of aliphatic hydroxyl groups is 5. The minimum absolute atomic E-state index is 0.0460. The minimum atomic E-state index is -5.38. The van der Waals surface area contributed by atoms with Crippen LogP contribution < -0.4 is 0 Å². The number of esters is 2. The summed E-state index contributed by atoms with van der Waals surface area (Å²) in [6, 6.07) is 0. The third-order valence-electron chi connectivity index (χ3n) is 11.5. The van der Waals surface area contributed by atoms with Crippen LogP contribution in [0.1, 0.15) is 187 Å². The molecule has 9 atom stereocenters. The van der Waals surface area contributed by atoms with Gasteiger partial charge in [-0.15, -0.1) is 0 Å². The van der Waals surface area contributed by atoms with E-state index in [0.717, 1.165) is 51.4 Å². The molecule has 0 saturated heterocycles. The number of phosphoric ester groups is 2. The monoisotopic (exact) mass is 1010 g/mol. The molecule has 0 bridgehead atoms. The van der Waals surface area contributed by atoms with Crippen molar-refractivity contribution in [2.45, 2.75) is 236 Å². The van der Waals surface area contributed by atoms with Gasteiger partial charge < -0.3 is 49.7 Å². The van der Waals surface area contributed by atoms with Gasteiger partial charge in [-0.1, -0.05) is 172 Å². The van der Waals surface area contributed by atoms with Crippen molar-refractivity contribution in [2.75, 3.05) is 13.2 Å². The van der Waals surface area contributed by atoms with Crippen molar-refractivity contribution >= 4 is 27.6 Å². The lowest BCUT2D eigenvalue weighted by Gasteiger charge is -2.43. The van der Waals surface area contributed by atoms with Crippen molar-refractivity contribution in [1.82, 2.24) is 0 Å². The standard InChI is InChI=1S/C49H88O17P2/c1-3-5-6-7-8-9-10-11-12-13-14-17-20-23-26-29-32-36-42(51)62-38-41(39-63-68(60,61)66-49-46(55)44(53)45(54)48(47(49)56)65-67(57,58)59)64-43(52)37-33-30-27-24-21-18-15-16-19-22-25-28-31-35-40(50)34-4-2/h15,18-19,22,24,27-28,31,40-41,44-50,53-56H,3-14,16-17,20-21,23,25-26,29-30,32-39H2,1-2H3,(H,60,61)(H2,57,58,59)/b18-15-,22-19-,27-24-,31-28-/t40?,41-,44?,45?,46?,47?,48-,49+/m1/s1. The summed E-state index contributed by atoms with van der Waals surface area (Å²) < 4.78 is 49.4. The molecule has 1 rings (SSSR count). The number of phosphoric acid groups is 2. The molecule has 0 amide bonds. The van der Waals surface area contributed by atoms with Crippen LogP contribution in [0.4, 0.5) is 0 Å². The maximum atomic E-state index is 13.0. The molecule has 0 aromatic heterocycles. The van der Waals surface area contributed by atoms with Crippen molar-refractivity contribution in [3.63, 3.8) is 0 Å². The van der Waals surface area contributed by atoms with Gasteiger partial charge in [0.2, 0.25) is 0 Å². The molecule has 0 spiro atoms. The van der Waals surface area contributed by atoms with Gasteiger partial charge in [-0.25, -0.2) is 9.13 Å². The van der Waals surface area contributed by atoms with Crippen LogP contribution in [0.25, 0.3) is 0 Å². The van der Waals surface area contributed by atoms with Crippen LogP contribution in [0.15, 0.2) is 48.6 Å². The highest BCUT2D eigenvalue weighted by Crippen LogP contribution is 2.49. The van der Waals surface area contributed by atoms with Gasteiger partial charge in [0.05, 0.1) is 12.7 Å². The molecule has 0 radical (unpaired) electrons. The van der Waals surface area contributed by atoms with Gasteiger partial charge in [0.1, 0.15) is 43.2 Å². The Balaban J connectivity index is 2.60. The first-order valence-corrected chi connectivity index (χ1v) is 28.3. The molecule has 8 N–H and O–H groups in total. The second-order valence-electron chi connectivity index (χ2n) is 17.7. The van der Waals surface area contributed by atoms with Gasteiger partial charge in [-0.3, -0.25) is 23.2 Å². The summed E-state index contributed by atoms with van der Waals surface area (Å²) in [6.07, 6.45) is 27.0. The molecule has 6 unspecified atom stereocenters. The van der Waals surface area contributed by atoms with E-state index in [1.54, 1.807) is 0 Å².